The van der Waals surface area contributed by atoms with Gasteiger partial charge in [0.25, 0.3) is 0 Å². The lowest BCUT2D eigenvalue weighted by atomic mass is 9.64. The van der Waals surface area contributed by atoms with Gasteiger partial charge in [-0.25, -0.2) is 0 Å². The zero-order chi connectivity index (χ0) is 10.9. The van der Waals surface area contributed by atoms with Gasteiger partial charge in [-0.15, -0.1) is 0 Å². The molecule has 1 aliphatic rings. The molecule has 1 rings (SSSR count). The molecule has 0 spiro atoms. The molecule has 4 heteroatoms. The summed E-state index contributed by atoms with van der Waals surface area (Å²) < 4.78 is 0. The number of carbonyl (C=O) groups is 2. The molecular weight excluding hydrogens is 184 g/mol. The Labute approximate surface area is 82.2 Å². The number of carboxylic acids is 2. The molecule has 0 radical (unpaired) electrons. The number of rotatable bonds is 2. The lowest BCUT2D eigenvalue weighted by molar-refractivity contribution is -0.164. The van der Waals surface area contributed by atoms with E-state index < -0.39 is 23.3 Å². The van der Waals surface area contributed by atoms with Crippen molar-refractivity contribution in [1.29, 1.82) is 0 Å². The number of hydrogen-bond donors (Lipinski definition) is 2. The molecule has 3 atom stereocenters. The van der Waals surface area contributed by atoms with Gasteiger partial charge in [0.05, 0.1) is 11.3 Å². The first-order chi connectivity index (χ1) is 6.40. The molecule has 0 heterocycles. The van der Waals surface area contributed by atoms with E-state index >= 15 is 0 Å². The van der Waals surface area contributed by atoms with Gasteiger partial charge in [0, 0.05) is 0 Å². The minimum Gasteiger partial charge on any atom is -0.481 e. The maximum absolute atomic E-state index is 11.1. The van der Waals surface area contributed by atoms with Crippen molar-refractivity contribution < 1.29 is 19.8 Å². The molecule has 1 aliphatic carbocycles. The highest BCUT2D eigenvalue weighted by Crippen LogP contribution is 2.42. The fourth-order valence-corrected chi connectivity index (χ4v) is 1.88. The quantitative estimate of drug-likeness (QED) is 0.657. The minimum absolute atomic E-state index is 0.255. The van der Waals surface area contributed by atoms with E-state index in [2.05, 4.69) is 0 Å². The maximum Gasteiger partial charge on any atom is 0.310 e. The van der Waals surface area contributed by atoms with Gasteiger partial charge in [0.15, 0.2) is 0 Å². The molecule has 0 fully saturated rings. The van der Waals surface area contributed by atoms with Crippen molar-refractivity contribution in [3.8, 4) is 0 Å². The van der Waals surface area contributed by atoms with Crippen LogP contribution in [-0.2, 0) is 9.59 Å². The summed E-state index contributed by atoms with van der Waals surface area (Å²) in [6.45, 7) is 3.24. The molecule has 0 aromatic rings. The van der Waals surface area contributed by atoms with Crippen LogP contribution in [0.5, 0.6) is 0 Å². The highest BCUT2D eigenvalue weighted by atomic mass is 16.4. The Hall–Kier alpha value is -1.32. The standard InChI is InChI=1S/C10H14O4/c1-6-4-3-5-7(8(11)12)10(6,2)9(13)14/h3-4,6-7H,5H2,1-2H3,(H,11,12)(H,13,14). The second-order valence-electron chi connectivity index (χ2n) is 3.93. The van der Waals surface area contributed by atoms with Crippen LogP contribution in [0, 0.1) is 17.3 Å². The molecule has 78 valence electrons. The monoisotopic (exact) mass is 198 g/mol. The van der Waals surface area contributed by atoms with Crippen molar-refractivity contribution in [2.24, 2.45) is 17.3 Å². The molecule has 0 aromatic heterocycles. The van der Waals surface area contributed by atoms with Crippen molar-refractivity contribution in [2.45, 2.75) is 20.3 Å². The normalized spacial score (nSPS) is 36.7. The van der Waals surface area contributed by atoms with Crippen molar-refractivity contribution in [3.63, 3.8) is 0 Å². The van der Waals surface area contributed by atoms with E-state index in [-0.39, 0.29) is 5.92 Å². The molecule has 0 saturated heterocycles. The van der Waals surface area contributed by atoms with Crippen LogP contribution in [0.2, 0.25) is 0 Å². The minimum atomic E-state index is -1.19. The molecule has 14 heavy (non-hydrogen) atoms. The van der Waals surface area contributed by atoms with Gasteiger partial charge < -0.3 is 10.2 Å². The summed E-state index contributed by atoms with van der Waals surface area (Å²) in [6, 6.07) is 0. The van der Waals surface area contributed by atoms with Crippen LogP contribution >= 0.6 is 0 Å². The van der Waals surface area contributed by atoms with Gasteiger partial charge in [0.1, 0.15) is 0 Å². The third-order valence-corrected chi connectivity index (χ3v) is 3.23. The Balaban J connectivity index is 3.13. The zero-order valence-corrected chi connectivity index (χ0v) is 8.23. The van der Waals surface area contributed by atoms with Crippen molar-refractivity contribution in [1.82, 2.24) is 0 Å². The van der Waals surface area contributed by atoms with Crippen LogP contribution in [0.1, 0.15) is 20.3 Å². The Bertz CT molecular complexity index is 294. The fourth-order valence-electron chi connectivity index (χ4n) is 1.88. The average molecular weight is 198 g/mol. The number of aliphatic carboxylic acids is 2. The summed E-state index contributed by atoms with van der Waals surface area (Å²) in [5, 5.41) is 18.0. The third kappa shape index (κ3) is 1.41. The topological polar surface area (TPSA) is 74.6 Å². The zero-order valence-electron chi connectivity index (χ0n) is 8.23. The van der Waals surface area contributed by atoms with E-state index in [0.29, 0.717) is 6.42 Å². The van der Waals surface area contributed by atoms with E-state index in [4.69, 9.17) is 10.2 Å². The Morgan fingerprint density at radius 2 is 2.00 bits per heavy atom. The molecule has 0 amide bonds. The van der Waals surface area contributed by atoms with Gasteiger partial charge in [0.2, 0.25) is 0 Å². The van der Waals surface area contributed by atoms with Crippen molar-refractivity contribution >= 4 is 11.9 Å². The highest BCUT2D eigenvalue weighted by Gasteiger charge is 2.49. The Morgan fingerprint density at radius 1 is 1.43 bits per heavy atom. The van der Waals surface area contributed by atoms with E-state index in [1.807, 2.05) is 0 Å². The predicted molar refractivity (Wildman–Crippen MR) is 49.8 cm³/mol. The largest absolute Gasteiger partial charge is 0.481 e. The molecule has 2 N–H and O–H groups in total. The molecular formula is C10H14O4. The van der Waals surface area contributed by atoms with E-state index in [9.17, 15) is 9.59 Å². The summed E-state index contributed by atoms with van der Waals surface area (Å²) in [6.07, 6.45) is 3.81. The van der Waals surface area contributed by atoms with Gasteiger partial charge in [-0.1, -0.05) is 19.1 Å². The molecule has 3 unspecified atom stereocenters. The van der Waals surface area contributed by atoms with Crippen LogP contribution in [-0.4, -0.2) is 22.2 Å². The van der Waals surface area contributed by atoms with Crippen LogP contribution in [0.25, 0.3) is 0 Å². The Kier molecular flexibility index (Phi) is 2.64. The predicted octanol–water partition coefficient (Wildman–Crippen LogP) is 1.37. The Morgan fingerprint density at radius 3 is 2.36 bits per heavy atom. The summed E-state index contributed by atoms with van der Waals surface area (Å²) in [7, 11) is 0. The van der Waals surface area contributed by atoms with Crippen LogP contribution in [0.4, 0.5) is 0 Å². The SMILES string of the molecule is CC1C=CCC(C(=O)O)C1(C)C(=O)O. The first-order valence-electron chi connectivity index (χ1n) is 4.53. The smallest absolute Gasteiger partial charge is 0.310 e. The molecule has 0 aromatic carbocycles. The second-order valence-corrected chi connectivity index (χ2v) is 3.93. The van der Waals surface area contributed by atoms with Gasteiger partial charge in [-0.05, 0) is 19.3 Å². The van der Waals surface area contributed by atoms with E-state index in [1.165, 1.54) is 6.92 Å². The molecule has 4 nitrogen and oxygen atoms in total. The maximum atomic E-state index is 11.1. The van der Waals surface area contributed by atoms with Gasteiger partial charge in [-0.2, -0.15) is 0 Å². The highest BCUT2D eigenvalue weighted by molar-refractivity contribution is 5.84. The number of hydrogen-bond acceptors (Lipinski definition) is 2. The summed E-state index contributed by atoms with van der Waals surface area (Å²) in [4.78, 5) is 22.0. The fraction of sp³-hybridized carbons (Fsp3) is 0.600. The summed E-state index contributed by atoms with van der Waals surface area (Å²) in [5.74, 6) is -3.16. The van der Waals surface area contributed by atoms with Crippen molar-refractivity contribution in [2.75, 3.05) is 0 Å². The first kappa shape index (κ1) is 10.8. The molecule has 0 bridgehead atoms. The van der Waals surface area contributed by atoms with Crippen molar-refractivity contribution in [3.05, 3.63) is 12.2 Å². The van der Waals surface area contributed by atoms with E-state index in [0.717, 1.165) is 0 Å². The first-order valence-corrected chi connectivity index (χ1v) is 4.53. The van der Waals surface area contributed by atoms with Gasteiger partial charge in [-0.3, -0.25) is 9.59 Å². The lowest BCUT2D eigenvalue weighted by Crippen LogP contribution is -2.45. The van der Waals surface area contributed by atoms with Crippen LogP contribution < -0.4 is 0 Å². The van der Waals surface area contributed by atoms with E-state index in [1.54, 1.807) is 19.1 Å². The summed E-state index contributed by atoms with van der Waals surface area (Å²) in [5.41, 5.74) is -1.19. The lowest BCUT2D eigenvalue weighted by Gasteiger charge is -2.37. The number of allylic oxidation sites excluding steroid dienone is 2. The molecule has 0 aliphatic heterocycles. The summed E-state index contributed by atoms with van der Waals surface area (Å²) >= 11 is 0. The number of carboxylic acid groups (broad SMARTS) is 2. The van der Waals surface area contributed by atoms with Gasteiger partial charge >= 0.3 is 11.9 Å². The van der Waals surface area contributed by atoms with Crippen LogP contribution in [0.3, 0.4) is 0 Å². The van der Waals surface area contributed by atoms with Crippen LogP contribution in [0.15, 0.2) is 12.2 Å². The molecule has 0 saturated carbocycles. The average Bonchev–Trinajstić information content (AvgIpc) is 2.08. The second kappa shape index (κ2) is 3.44. The third-order valence-electron chi connectivity index (χ3n) is 3.23.